The van der Waals surface area contributed by atoms with E-state index in [2.05, 4.69) is 0 Å². The highest BCUT2D eigenvalue weighted by molar-refractivity contribution is 7.89. The van der Waals surface area contributed by atoms with Crippen LogP contribution in [0.3, 0.4) is 0 Å². The normalized spacial score (nSPS) is 13.6. The molecule has 0 fully saturated rings. The molecule has 0 aliphatic rings. The summed E-state index contributed by atoms with van der Waals surface area (Å²) in [5.41, 5.74) is 0.531. The van der Waals surface area contributed by atoms with Crippen molar-refractivity contribution >= 4 is 44.7 Å². The second-order valence-corrected chi connectivity index (χ2v) is 7.77. The highest BCUT2D eigenvalue weighted by Crippen LogP contribution is 2.30. The number of anilines is 1. The molecule has 2 aromatic rings. The Kier molecular flexibility index (Phi) is 5.96. The lowest BCUT2D eigenvalue weighted by Crippen LogP contribution is -2.26. The first-order valence-corrected chi connectivity index (χ1v) is 9.71. The zero-order valence-electron chi connectivity index (χ0n) is 12.8. The van der Waals surface area contributed by atoms with Gasteiger partial charge in [-0.15, -0.1) is 0 Å². The molecule has 0 saturated carbocycles. The number of primary sulfonamides is 1. The van der Waals surface area contributed by atoms with Crippen LogP contribution >= 0.6 is 11.6 Å². The summed E-state index contributed by atoms with van der Waals surface area (Å²) in [7, 11) is -4.35. The quantitative estimate of drug-likeness (QED) is 0.775. The second-order valence-electron chi connectivity index (χ2n) is 5.01. The molecule has 0 bridgehead atoms. The van der Waals surface area contributed by atoms with Gasteiger partial charge in [0.05, 0.1) is 17.0 Å². The van der Waals surface area contributed by atoms with E-state index < -0.39 is 32.0 Å². The van der Waals surface area contributed by atoms with E-state index in [0.717, 1.165) is 12.1 Å². The van der Waals surface area contributed by atoms with Gasteiger partial charge in [0.15, 0.2) is 0 Å². The van der Waals surface area contributed by atoms with E-state index >= 15 is 0 Å². The number of sulfonamides is 1. The third-order valence-corrected chi connectivity index (χ3v) is 5.14. The molecule has 0 heterocycles. The number of nitrogens with two attached hydrogens (primary N) is 1. The van der Waals surface area contributed by atoms with Gasteiger partial charge in [-0.05, 0) is 48.9 Å². The molecule has 2 N–H and O–H groups in total. The lowest BCUT2D eigenvalue weighted by atomic mass is 10.2. The molecule has 0 aliphatic heterocycles. The highest BCUT2D eigenvalue weighted by Gasteiger charge is 2.21. The Morgan fingerprint density at radius 3 is 2.40 bits per heavy atom. The van der Waals surface area contributed by atoms with Crippen molar-refractivity contribution in [2.75, 3.05) is 4.31 Å². The van der Waals surface area contributed by atoms with Gasteiger partial charge in [-0.1, -0.05) is 23.7 Å². The molecule has 10 heteroatoms. The van der Waals surface area contributed by atoms with Crippen LogP contribution in [0.4, 0.5) is 10.1 Å². The van der Waals surface area contributed by atoms with Crippen molar-refractivity contribution in [2.45, 2.75) is 11.8 Å². The molecule has 2 rings (SSSR count). The van der Waals surface area contributed by atoms with Gasteiger partial charge < -0.3 is 4.55 Å². The molecule has 0 radical (unpaired) electrons. The second kappa shape index (κ2) is 7.63. The van der Waals surface area contributed by atoms with Crippen molar-refractivity contribution in [3.8, 4) is 0 Å². The van der Waals surface area contributed by atoms with E-state index in [4.69, 9.17) is 16.7 Å². The van der Waals surface area contributed by atoms with Gasteiger partial charge in [0.1, 0.15) is 10.7 Å². The molecule has 0 spiro atoms. The van der Waals surface area contributed by atoms with Crippen molar-refractivity contribution < 1.29 is 21.6 Å². The Bertz CT molecular complexity index is 947. The minimum absolute atomic E-state index is 0.173. The summed E-state index contributed by atoms with van der Waals surface area (Å²) < 4.78 is 60.9. The molecule has 6 nitrogen and oxygen atoms in total. The first-order valence-electron chi connectivity index (χ1n) is 6.75. The summed E-state index contributed by atoms with van der Waals surface area (Å²) in [6.45, 7) is 1.46. The average Bonchev–Trinajstić information content (AvgIpc) is 2.50. The van der Waals surface area contributed by atoms with Crippen molar-refractivity contribution in [3.05, 3.63) is 64.6 Å². The van der Waals surface area contributed by atoms with E-state index in [1.807, 2.05) is 0 Å². The summed E-state index contributed by atoms with van der Waals surface area (Å²) in [6, 6.07) is 9.19. The van der Waals surface area contributed by atoms with Crippen molar-refractivity contribution in [1.82, 2.24) is 0 Å². The third kappa shape index (κ3) is 4.86. The average molecular weight is 404 g/mol. The van der Waals surface area contributed by atoms with Crippen molar-refractivity contribution in [1.29, 1.82) is 0 Å². The molecular weight excluding hydrogens is 391 g/mol. The van der Waals surface area contributed by atoms with Crippen LogP contribution in [0.5, 0.6) is 0 Å². The minimum Gasteiger partial charge on any atom is -0.755 e. The zero-order valence-corrected chi connectivity index (χ0v) is 15.2. The maximum absolute atomic E-state index is 13.4. The first kappa shape index (κ1) is 19.5. The molecule has 0 aliphatic carbocycles. The van der Waals surface area contributed by atoms with Gasteiger partial charge in [-0.3, -0.25) is 8.51 Å². The number of halogens is 2. The van der Waals surface area contributed by atoms with E-state index in [1.54, 1.807) is 24.3 Å². The largest absolute Gasteiger partial charge is 0.755 e. The van der Waals surface area contributed by atoms with Gasteiger partial charge in [-0.2, -0.15) is 0 Å². The lowest BCUT2D eigenvalue weighted by Gasteiger charge is -2.28. The van der Waals surface area contributed by atoms with Gasteiger partial charge in [0.2, 0.25) is 10.0 Å². The fraction of sp³-hybridized carbons (Fsp3) is 0.0667. The molecule has 0 saturated heterocycles. The van der Waals surface area contributed by atoms with E-state index in [9.17, 15) is 21.6 Å². The fourth-order valence-corrected chi connectivity index (χ4v) is 3.65. The smallest absolute Gasteiger partial charge is 0.240 e. The minimum atomic E-state index is -4.35. The monoisotopic (exact) mass is 403 g/mol. The van der Waals surface area contributed by atoms with Crippen molar-refractivity contribution in [2.24, 2.45) is 5.14 Å². The zero-order chi connectivity index (χ0) is 18.8. The molecule has 134 valence electrons. The summed E-state index contributed by atoms with van der Waals surface area (Å²) in [5, 5.41) is 5.59. The summed E-state index contributed by atoms with van der Waals surface area (Å²) in [5.74, 6) is -0.858. The Morgan fingerprint density at radius 1 is 1.28 bits per heavy atom. The van der Waals surface area contributed by atoms with Crippen LogP contribution in [-0.2, 0) is 21.3 Å². The predicted octanol–water partition coefficient (Wildman–Crippen LogP) is 2.79. The van der Waals surface area contributed by atoms with Gasteiger partial charge in [-0.25, -0.2) is 17.9 Å². The number of nitrogens with zero attached hydrogens (tertiary/aromatic N) is 1. The van der Waals surface area contributed by atoms with Gasteiger partial charge in [0, 0.05) is 10.7 Å². The van der Waals surface area contributed by atoms with Crippen molar-refractivity contribution in [3.63, 3.8) is 0 Å². The van der Waals surface area contributed by atoms with Gasteiger partial charge in [0.25, 0.3) is 0 Å². The molecule has 1 atom stereocenters. The molecule has 0 aromatic heterocycles. The summed E-state index contributed by atoms with van der Waals surface area (Å²) >= 11 is 2.93. The van der Waals surface area contributed by atoms with E-state index in [-0.39, 0.29) is 11.4 Å². The number of benzene rings is 2. The summed E-state index contributed by atoms with van der Waals surface area (Å²) in [4.78, 5) is -0.638. The fourth-order valence-electron chi connectivity index (χ4n) is 2.13. The predicted molar refractivity (Wildman–Crippen MR) is 94.3 cm³/mol. The molecule has 25 heavy (non-hydrogen) atoms. The van der Waals surface area contributed by atoms with Crippen LogP contribution < -0.4 is 9.44 Å². The lowest BCUT2D eigenvalue weighted by molar-refractivity contribution is 0.535. The Morgan fingerprint density at radius 2 is 1.88 bits per heavy atom. The third-order valence-electron chi connectivity index (χ3n) is 3.16. The van der Waals surface area contributed by atoms with Crippen LogP contribution in [0.1, 0.15) is 12.5 Å². The van der Waals surface area contributed by atoms with Gasteiger partial charge >= 0.3 is 0 Å². The van der Waals surface area contributed by atoms with Crippen LogP contribution in [0.15, 0.2) is 53.1 Å². The molecule has 2 aromatic carbocycles. The number of hydrogen-bond donors (Lipinski definition) is 1. The summed E-state index contributed by atoms with van der Waals surface area (Å²) in [6.07, 6.45) is 1.50. The van der Waals surface area contributed by atoms with Crippen LogP contribution in [0.2, 0.25) is 5.02 Å². The number of rotatable bonds is 5. The first-order chi connectivity index (χ1) is 11.6. The van der Waals surface area contributed by atoms with Crippen LogP contribution in [0, 0.1) is 5.82 Å². The maximum atomic E-state index is 13.4. The SMILES string of the molecule is C/C(=C/c1ccc(Cl)cc1)N(c1ccc(F)cc1S(N)(=O)=O)S(=O)[O-]. The number of hydrogen-bond acceptors (Lipinski definition) is 4. The van der Waals surface area contributed by atoms with Crippen LogP contribution in [-0.4, -0.2) is 17.2 Å². The molecular formula is C15H13ClFN2O4S2-. The number of allylic oxidation sites excluding steroid dienone is 1. The van der Waals surface area contributed by atoms with E-state index in [0.29, 0.717) is 21.0 Å². The molecule has 1 unspecified atom stereocenters. The van der Waals surface area contributed by atoms with Crippen LogP contribution in [0.25, 0.3) is 6.08 Å². The topological polar surface area (TPSA) is 104 Å². The van der Waals surface area contributed by atoms with E-state index in [1.165, 1.54) is 13.0 Å². The highest BCUT2D eigenvalue weighted by atomic mass is 35.5. The Hall–Kier alpha value is -1.78. The Labute approximate surface area is 152 Å². The maximum Gasteiger partial charge on any atom is 0.240 e. The Balaban J connectivity index is 2.59. The molecule has 0 amide bonds. The standard InChI is InChI=1S/C15H14ClFN2O4S2/c1-10(8-11-2-4-12(16)5-3-11)19(24(20)21)14-7-6-13(17)9-15(14)25(18,22)23/h2-9H,1H3,(H,20,21)(H2,18,22,23)/p-1/b10-8-.